The molecule has 2 aromatic carbocycles. The number of imidazole rings is 1. The highest BCUT2D eigenvalue weighted by Crippen LogP contribution is 2.38. The van der Waals surface area contributed by atoms with Crippen LogP contribution in [-0.2, 0) is 21.5 Å². The zero-order chi connectivity index (χ0) is 21.1. The summed E-state index contributed by atoms with van der Waals surface area (Å²) in [6, 6.07) is 26.0. The van der Waals surface area contributed by atoms with Gasteiger partial charge in [-0.25, -0.2) is 4.98 Å². The van der Waals surface area contributed by atoms with Crippen LogP contribution < -0.4 is 4.90 Å². The number of hydrogen-bond acceptors (Lipinski definition) is 3. The van der Waals surface area contributed by atoms with Crippen molar-refractivity contribution >= 4 is 17.2 Å². The second kappa shape index (κ2) is 8.36. The van der Waals surface area contributed by atoms with Gasteiger partial charge in [-0.2, -0.15) is 0 Å². The van der Waals surface area contributed by atoms with Crippen LogP contribution >= 0.6 is 0 Å². The third-order valence-corrected chi connectivity index (χ3v) is 6.21. The number of benzene rings is 2. The van der Waals surface area contributed by atoms with Gasteiger partial charge in [0, 0.05) is 25.1 Å². The maximum absolute atomic E-state index is 14.3. The maximum atomic E-state index is 14.3. The summed E-state index contributed by atoms with van der Waals surface area (Å²) in [5.74, 6) is 0.110. The number of aromatic nitrogens is 2. The molecule has 0 radical (unpaired) electrons. The number of rotatable bonds is 5. The molecule has 1 saturated heterocycles. The van der Waals surface area contributed by atoms with Crippen molar-refractivity contribution in [2.24, 2.45) is 0 Å². The quantitative estimate of drug-likeness (QED) is 0.482. The van der Waals surface area contributed by atoms with Gasteiger partial charge in [-0.05, 0) is 42.7 Å². The van der Waals surface area contributed by atoms with Crippen LogP contribution in [0.2, 0.25) is 0 Å². The molecule has 0 unspecified atom stereocenters. The molecule has 3 heterocycles. The van der Waals surface area contributed by atoms with Crippen molar-refractivity contribution in [2.75, 3.05) is 18.1 Å². The predicted octanol–water partition coefficient (Wildman–Crippen LogP) is 4.62. The number of amides is 1. The first kappa shape index (κ1) is 19.5. The van der Waals surface area contributed by atoms with Crippen molar-refractivity contribution in [3.63, 3.8) is 0 Å². The van der Waals surface area contributed by atoms with E-state index in [2.05, 4.69) is 17.1 Å². The number of nitrogens with zero attached hydrogens (tertiary/aromatic N) is 3. The van der Waals surface area contributed by atoms with E-state index in [1.165, 1.54) is 0 Å². The van der Waals surface area contributed by atoms with Gasteiger partial charge in [0.2, 0.25) is 5.91 Å². The Labute approximate surface area is 181 Å². The molecule has 31 heavy (non-hydrogen) atoms. The first-order valence-corrected chi connectivity index (χ1v) is 10.7. The van der Waals surface area contributed by atoms with Crippen LogP contribution in [0, 0.1) is 0 Å². The molecule has 5 heteroatoms. The van der Waals surface area contributed by atoms with E-state index in [0.29, 0.717) is 32.6 Å². The van der Waals surface area contributed by atoms with Crippen LogP contribution in [0.15, 0.2) is 91.3 Å². The number of carbonyl (C=O) groups excluding carboxylic acids is 1. The zero-order valence-electron chi connectivity index (χ0n) is 17.4. The summed E-state index contributed by atoms with van der Waals surface area (Å²) >= 11 is 0. The number of fused-ring (bicyclic) bond motifs is 1. The lowest BCUT2D eigenvalue weighted by Gasteiger charge is -2.40. The van der Waals surface area contributed by atoms with E-state index in [9.17, 15) is 4.79 Å². The van der Waals surface area contributed by atoms with Gasteiger partial charge in [-0.1, -0.05) is 54.6 Å². The molecule has 0 atom stereocenters. The fraction of sp³-hybridized carbons (Fsp3) is 0.231. The molecule has 2 aromatic heterocycles. The molecule has 1 fully saturated rings. The van der Waals surface area contributed by atoms with E-state index in [1.807, 2.05) is 88.4 Å². The third-order valence-electron chi connectivity index (χ3n) is 6.21. The molecule has 1 amide bonds. The Bertz CT molecular complexity index is 1160. The molecule has 5 nitrogen and oxygen atoms in total. The highest BCUT2D eigenvalue weighted by atomic mass is 16.5. The van der Waals surface area contributed by atoms with Crippen molar-refractivity contribution < 1.29 is 9.53 Å². The van der Waals surface area contributed by atoms with Crippen molar-refractivity contribution in [3.05, 3.63) is 103 Å². The van der Waals surface area contributed by atoms with Gasteiger partial charge in [-0.15, -0.1) is 0 Å². The first-order chi connectivity index (χ1) is 15.3. The van der Waals surface area contributed by atoms with Crippen molar-refractivity contribution in [2.45, 2.75) is 24.8 Å². The zero-order valence-corrected chi connectivity index (χ0v) is 17.4. The SMILES string of the molecule is O=C(N(Cc1cnc2ccccn12)c1ccccc1)C1(c2ccccc2)CCOCC1. The molecule has 0 spiro atoms. The summed E-state index contributed by atoms with van der Waals surface area (Å²) in [5, 5.41) is 0. The van der Waals surface area contributed by atoms with Crippen molar-refractivity contribution in [1.82, 2.24) is 9.38 Å². The molecular weight excluding hydrogens is 386 g/mol. The minimum absolute atomic E-state index is 0.110. The Morgan fingerprint density at radius 3 is 2.35 bits per heavy atom. The van der Waals surface area contributed by atoms with Crippen molar-refractivity contribution in [1.29, 1.82) is 0 Å². The van der Waals surface area contributed by atoms with Gasteiger partial charge in [-0.3, -0.25) is 4.79 Å². The van der Waals surface area contributed by atoms with Gasteiger partial charge < -0.3 is 14.0 Å². The van der Waals surface area contributed by atoms with E-state index in [4.69, 9.17) is 4.74 Å². The Kier molecular flexibility index (Phi) is 5.26. The molecule has 5 rings (SSSR count). The first-order valence-electron chi connectivity index (χ1n) is 10.7. The fourth-order valence-electron chi connectivity index (χ4n) is 4.51. The second-order valence-electron chi connectivity index (χ2n) is 7.97. The van der Waals surface area contributed by atoms with Crippen LogP contribution in [0.3, 0.4) is 0 Å². The monoisotopic (exact) mass is 411 g/mol. The summed E-state index contributed by atoms with van der Waals surface area (Å²) < 4.78 is 7.70. The number of para-hydroxylation sites is 1. The Hall–Kier alpha value is -3.44. The minimum atomic E-state index is -0.601. The summed E-state index contributed by atoms with van der Waals surface area (Å²) in [4.78, 5) is 20.8. The molecule has 0 aliphatic carbocycles. The van der Waals surface area contributed by atoms with Gasteiger partial charge in [0.25, 0.3) is 0 Å². The highest BCUT2D eigenvalue weighted by molar-refractivity contribution is 6.01. The summed E-state index contributed by atoms with van der Waals surface area (Å²) in [6.07, 6.45) is 5.20. The van der Waals surface area contributed by atoms with Gasteiger partial charge in [0.05, 0.1) is 23.9 Å². The van der Waals surface area contributed by atoms with E-state index >= 15 is 0 Å². The predicted molar refractivity (Wildman–Crippen MR) is 121 cm³/mol. The number of hydrogen-bond donors (Lipinski definition) is 0. The van der Waals surface area contributed by atoms with Crippen molar-refractivity contribution in [3.8, 4) is 0 Å². The average molecular weight is 412 g/mol. The number of pyridine rings is 1. The molecule has 1 aliphatic heterocycles. The molecule has 0 bridgehead atoms. The van der Waals surface area contributed by atoms with Gasteiger partial charge in [0.15, 0.2) is 0 Å². The lowest BCUT2D eigenvalue weighted by Crippen LogP contribution is -2.50. The van der Waals surface area contributed by atoms with E-state index in [1.54, 1.807) is 0 Å². The Morgan fingerprint density at radius 1 is 0.935 bits per heavy atom. The fourth-order valence-corrected chi connectivity index (χ4v) is 4.51. The number of ether oxygens (including phenoxy) is 1. The molecule has 4 aromatic rings. The van der Waals surface area contributed by atoms with Crippen LogP contribution in [0.1, 0.15) is 24.1 Å². The van der Waals surface area contributed by atoms with Crippen LogP contribution in [0.5, 0.6) is 0 Å². The van der Waals surface area contributed by atoms with Gasteiger partial charge in [0.1, 0.15) is 5.65 Å². The standard InChI is InChI=1S/C26H25N3O2/c30-25(26(14-17-31-18-15-26)21-9-3-1-4-10-21)29(22-11-5-2-6-12-22)20-23-19-27-24-13-7-8-16-28(23)24/h1-13,16,19H,14-15,17-18,20H2. The van der Waals surface area contributed by atoms with E-state index < -0.39 is 5.41 Å². The van der Waals surface area contributed by atoms with E-state index in [0.717, 1.165) is 22.6 Å². The average Bonchev–Trinajstić information content (AvgIpc) is 3.26. The highest BCUT2D eigenvalue weighted by Gasteiger charge is 2.44. The minimum Gasteiger partial charge on any atom is -0.381 e. The van der Waals surface area contributed by atoms with Gasteiger partial charge >= 0.3 is 0 Å². The topological polar surface area (TPSA) is 46.8 Å². The molecule has 0 N–H and O–H groups in total. The molecule has 1 aliphatic rings. The Morgan fingerprint density at radius 2 is 1.61 bits per heavy atom. The molecule has 0 saturated carbocycles. The second-order valence-corrected chi connectivity index (χ2v) is 7.97. The summed E-state index contributed by atoms with van der Waals surface area (Å²) in [5.41, 5.74) is 3.20. The van der Waals surface area contributed by atoms with Crippen LogP contribution in [0.25, 0.3) is 5.65 Å². The summed E-state index contributed by atoms with van der Waals surface area (Å²) in [7, 11) is 0. The lowest BCUT2D eigenvalue weighted by molar-refractivity contribution is -0.128. The summed E-state index contributed by atoms with van der Waals surface area (Å²) in [6.45, 7) is 1.61. The molecule has 156 valence electrons. The van der Waals surface area contributed by atoms with E-state index in [-0.39, 0.29) is 5.91 Å². The Balaban J connectivity index is 1.59. The lowest BCUT2D eigenvalue weighted by atomic mass is 9.73. The number of carbonyl (C=O) groups is 1. The molecular formula is C26H25N3O2. The largest absolute Gasteiger partial charge is 0.381 e. The third kappa shape index (κ3) is 3.62. The maximum Gasteiger partial charge on any atom is 0.238 e. The van der Waals surface area contributed by atoms with Crippen LogP contribution in [0.4, 0.5) is 5.69 Å². The smallest absolute Gasteiger partial charge is 0.238 e. The normalized spacial score (nSPS) is 15.6. The number of anilines is 1. The van der Waals surface area contributed by atoms with Crippen LogP contribution in [-0.4, -0.2) is 28.5 Å².